The average Bonchev–Trinajstić information content (AvgIpc) is 2.89. The molecule has 6 heteroatoms. The summed E-state index contributed by atoms with van der Waals surface area (Å²) >= 11 is 1.43. The van der Waals surface area contributed by atoms with Crippen LogP contribution < -0.4 is 5.56 Å². The van der Waals surface area contributed by atoms with E-state index in [2.05, 4.69) is 9.97 Å². The number of aryl methyl sites for hydroxylation is 1. The van der Waals surface area contributed by atoms with Crippen molar-refractivity contribution < 1.29 is 4.79 Å². The van der Waals surface area contributed by atoms with Gasteiger partial charge in [-0.2, -0.15) is 0 Å². The molecule has 100 valence electrons. The SMILES string of the molecule is Cc1ccc(C(=O)Cn2cnc3cnccc3c2=O)s1. The van der Waals surface area contributed by atoms with E-state index >= 15 is 0 Å². The minimum atomic E-state index is -0.223. The Labute approximate surface area is 118 Å². The first-order chi connectivity index (χ1) is 9.65. The molecule has 0 N–H and O–H groups in total. The van der Waals surface area contributed by atoms with E-state index in [9.17, 15) is 9.59 Å². The maximum absolute atomic E-state index is 12.2. The molecule has 3 aromatic rings. The van der Waals surface area contributed by atoms with Crippen LogP contribution in [-0.2, 0) is 6.54 Å². The standard InChI is InChI=1S/C14H11N3O2S/c1-9-2-3-13(20-9)12(18)7-17-8-16-11-6-15-5-4-10(11)14(17)19/h2-6,8H,7H2,1H3. The van der Waals surface area contributed by atoms with Gasteiger partial charge in [-0.1, -0.05) is 0 Å². The molecule has 0 fully saturated rings. The Bertz CT molecular complexity index is 851. The van der Waals surface area contributed by atoms with Gasteiger partial charge in [0.1, 0.15) is 0 Å². The number of ketones is 1. The zero-order chi connectivity index (χ0) is 14.1. The molecule has 0 aliphatic heterocycles. The van der Waals surface area contributed by atoms with Crippen molar-refractivity contribution in [1.29, 1.82) is 0 Å². The topological polar surface area (TPSA) is 64.8 Å². The second kappa shape index (κ2) is 4.97. The molecule has 0 bridgehead atoms. The highest BCUT2D eigenvalue weighted by atomic mass is 32.1. The molecule has 0 unspecified atom stereocenters. The van der Waals surface area contributed by atoms with Crippen molar-refractivity contribution in [1.82, 2.24) is 14.5 Å². The first-order valence-corrected chi connectivity index (χ1v) is 6.85. The number of hydrogen-bond donors (Lipinski definition) is 0. The van der Waals surface area contributed by atoms with Crippen LogP contribution in [0.15, 0.2) is 41.7 Å². The van der Waals surface area contributed by atoms with E-state index in [0.29, 0.717) is 15.8 Å². The van der Waals surface area contributed by atoms with Crippen LogP contribution in [0.2, 0.25) is 0 Å². The summed E-state index contributed by atoms with van der Waals surface area (Å²) < 4.78 is 1.33. The zero-order valence-electron chi connectivity index (χ0n) is 10.7. The van der Waals surface area contributed by atoms with Crippen LogP contribution in [0.3, 0.4) is 0 Å². The molecule has 20 heavy (non-hydrogen) atoms. The number of thiophene rings is 1. The average molecular weight is 285 g/mol. The van der Waals surface area contributed by atoms with Crippen molar-refractivity contribution >= 4 is 28.0 Å². The molecule has 0 saturated heterocycles. The van der Waals surface area contributed by atoms with E-state index in [1.54, 1.807) is 18.3 Å². The number of carbonyl (C=O) groups is 1. The van der Waals surface area contributed by atoms with E-state index in [-0.39, 0.29) is 17.9 Å². The molecule has 0 aliphatic rings. The van der Waals surface area contributed by atoms with Gasteiger partial charge in [-0.25, -0.2) is 4.98 Å². The molecular weight excluding hydrogens is 274 g/mol. The Morgan fingerprint density at radius 1 is 1.35 bits per heavy atom. The molecule has 0 aliphatic carbocycles. The van der Waals surface area contributed by atoms with Gasteiger partial charge in [0, 0.05) is 11.1 Å². The fourth-order valence-electron chi connectivity index (χ4n) is 1.94. The summed E-state index contributed by atoms with van der Waals surface area (Å²) in [5.74, 6) is -0.0830. The van der Waals surface area contributed by atoms with Gasteiger partial charge < -0.3 is 0 Å². The maximum atomic E-state index is 12.2. The Hall–Kier alpha value is -2.34. The smallest absolute Gasteiger partial charge is 0.261 e. The van der Waals surface area contributed by atoms with Gasteiger partial charge in [0.05, 0.1) is 34.8 Å². The first-order valence-electron chi connectivity index (χ1n) is 6.04. The number of hydrogen-bond acceptors (Lipinski definition) is 5. The molecule has 0 aromatic carbocycles. The molecule has 0 spiro atoms. The summed E-state index contributed by atoms with van der Waals surface area (Å²) in [6.07, 6.45) is 4.47. The second-order valence-corrected chi connectivity index (χ2v) is 5.69. The third-order valence-corrected chi connectivity index (χ3v) is 4.00. The van der Waals surface area contributed by atoms with Crippen LogP contribution in [0.4, 0.5) is 0 Å². The highest BCUT2D eigenvalue weighted by Crippen LogP contribution is 2.16. The normalized spacial score (nSPS) is 10.8. The quantitative estimate of drug-likeness (QED) is 0.691. The van der Waals surface area contributed by atoms with Crippen molar-refractivity contribution in [3.8, 4) is 0 Å². The minimum Gasteiger partial charge on any atom is -0.291 e. The number of pyridine rings is 1. The number of Topliss-reactive ketones (excluding diaryl/α,β-unsaturated/α-hetero) is 1. The van der Waals surface area contributed by atoms with Gasteiger partial charge in [0.2, 0.25) is 0 Å². The highest BCUT2D eigenvalue weighted by molar-refractivity contribution is 7.14. The first kappa shape index (κ1) is 12.7. The summed E-state index contributed by atoms with van der Waals surface area (Å²) in [6.45, 7) is 1.95. The molecule has 0 atom stereocenters. The third kappa shape index (κ3) is 2.25. The van der Waals surface area contributed by atoms with Gasteiger partial charge in [-0.15, -0.1) is 11.3 Å². The summed E-state index contributed by atoms with van der Waals surface area (Å²) in [4.78, 5) is 34.2. The molecule has 0 amide bonds. The van der Waals surface area contributed by atoms with E-state index < -0.39 is 0 Å². The van der Waals surface area contributed by atoms with Gasteiger partial charge in [0.25, 0.3) is 5.56 Å². The van der Waals surface area contributed by atoms with Gasteiger partial charge in [-0.3, -0.25) is 19.1 Å². The lowest BCUT2D eigenvalue weighted by molar-refractivity contribution is 0.0974. The highest BCUT2D eigenvalue weighted by Gasteiger charge is 2.11. The van der Waals surface area contributed by atoms with E-state index in [4.69, 9.17) is 0 Å². The van der Waals surface area contributed by atoms with Crippen molar-refractivity contribution in [2.75, 3.05) is 0 Å². The minimum absolute atomic E-state index is 0.00402. The predicted octanol–water partition coefficient (Wildman–Crippen LogP) is 2.04. The number of carbonyl (C=O) groups excluding carboxylic acids is 1. The second-order valence-electron chi connectivity index (χ2n) is 4.40. The van der Waals surface area contributed by atoms with Gasteiger partial charge >= 0.3 is 0 Å². The summed E-state index contributed by atoms with van der Waals surface area (Å²) in [5, 5.41) is 0.470. The largest absolute Gasteiger partial charge is 0.291 e. The molecular formula is C14H11N3O2S. The Morgan fingerprint density at radius 3 is 2.95 bits per heavy atom. The van der Waals surface area contributed by atoms with E-state index in [1.165, 1.54) is 28.4 Å². The lowest BCUT2D eigenvalue weighted by Gasteiger charge is -2.04. The molecule has 5 nitrogen and oxygen atoms in total. The fourth-order valence-corrected chi connectivity index (χ4v) is 2.74. The number of rotatable bonds is 3. The fraction of sp³-hybridized carbons (Fsp3) is 0.143. The van der Waals surface area contributed by atoms with E-state index in [0.717, 1.165) is 4.88 Å². The summed E-state index contributed by atoms with van der Waals surface area (Å²) in [6, 6.07) is 5.29. The summed E-state index contributed by atoms with van der Waals surface area (Å²) in [7, 11) is 0. The molecule has 3 aromatic heterocycles. The molecule has 3 heterocycles. The molecule has 0 radical (unpaired) electrons. The third-order valence-electron chi connectivity index (χ3n) is 2.96. The molecule has 0 saturated carbocycles. The van der Waals surface area contributed by atoms with Crippen LogP contribution in [0, 0.1) is 6.92 Å². The number of nitrogens with zero attached hydrogens (tertiary/aromatic N) is 3. The van der Waals surface area contributed by atoms with Crippen LogP contribution in [0.1, 0.15) is 14.5 Å². The van der Waals surface area contributed by atoms with Gasteiger partial charge in [-0.05, 0) is 25.1 Å². The van der Waals surface area contributed by atoms with Crippen LogP contribution in [0.25, 0.3) is 10.9 Å². The Kier molecular flexibility index (Phi) is 3.15. The van der Waals surface area contributed by atoms with Crippen LogP contribution >= 0.6 is 11.3 Å². The van der Waals surface area contributed by atoms with Crippen molar-refractivity contribution in [3.05, 3.63) is 57.0 Å². The lowest BCUT2D eigenvalue weighted by atomic mass is 10.3. The predicted molar refractivity (Wildman–Crippen MR) is 77.2 cm³/mol. The van der Waals surface area contributed by atoms with Crippen molar-refractivity contribution in [2.45, 2.75) is 13.5 Å². The Balaban J connectivity index is 1.97. The van der Waals surface area contributed by atoms with Gasteiger partial charge in [0.15, 0.2) is 5.78 Å². The summed E-state index contributed by atoms with van der Waals surface area (Å²) in [5.41, 5.74) is 0.312. The maximum Gasteiger partial charge on any atom is 0.261 e. The Morgan fingerprint density at radius 2 is 2.20 bits per heavy atom. The van der Waals surface area contributed by atoms with Crippen LogP contribution in [0.5, 0.6) is 0 Å². The lowest BCUT2D eigenvalue weighted by Crippen LogP contribution is -2.24. The number of aromatic nitrogens is 3. The monoisotopic (exact) mass is 285 g/mol. The number of fused-ring (bicyclic) bond motifs is 1. The van der Waals surface area contributed by atoms with Crippen LogP contribution in [-0.4, -0.2) is 20.3 Å². The van der Waals surface area contributed by atoms with Crippen molar-refractivity contribution in [2.24, 2.45) is 0 Å². The zero-order valence-corrected chi connectivity index (χ0v) is 11.6. The molecule has 3 rings (SSSR count). The van der Waals surface area contributed by atoms with Crippen molar-refractivity contribution in [3.63, 3.8) is 0 Å². The van der Waals surface area contributed by atoms with E-state index in [1.807, 2.05) is 13.0 Å².